The number of hydrogen-bond donors (Lipinski definition) is 2. The molecule has 0 amide bonds. The molecule has 0 spiro atoms. The molecule has 100 valence electrons. The third kappa shape index (κ3) is 3.62. The van der Waals surface area contributed by atoms with Crippen LogP contribution in [0.4, 0.5) is 0 Å². The standard InChI is InChI=1S/C14H12BrClO3/c15-11-2-1-3-12(17)14(11)19-8-13(18)9-4-6-10(16)7-5-9/h1-7,13,17-18H,8H2. The molecule has 0 aliphatic rings. The number of phenolic OH excluding ortho intramolecular Hbond substituents is 1. The van der Waals surface area contributed by atoms with Crippen LogP contribution in [0.5, 0.6) is 11.5 Å². The van der Waals surface area contributed by atoms with Crippen LogP contribution in [0, 0.1) is 0 Å². The summed E-state index contributed by atoms with van der Waals surface area (Å²) in [6.45, 7) is 0.0395. The highest BCUT2D eigenvalue weighted by Crippen LogP contribution is 2.34. The van der Waals surface area contributed by atoms with Gasteiger partial charge in [-0.25, -0.2) is 0 Å². The molecule has 1 unspecified atom stereocenters. The second-order valence-electron chi connectivity index (χ2n) is 3.97. The molecule has 0 aliphatic carbocycles. The van der Waals surface area contributed by atoms with Crippen LogP contribution in [0.1, 0.15) is 11.7 Å². The average molecular weight is 344 g/mol. The molecule has 5 heteroatoms. The van der Waals surface area contributed by atoms with Gasteiger partial charge in [-0.15, -0.1) is 0 Å². The van der Waals surface area contributed by atoms with Crippen LogP contribution in [-0.2, 0) is 0 Å². The highest BCUT2D eigenvalue weighted by Gasteiger charge is 2.12. The second-order valence-corrected chi connectivity index (χ2v) is 5.26. The number of aliphatic hydroxyl groups is 1. The summed E-state index contributed by atoms with van der Waals surface area (Å²) in [5.41, 5.74) is 0.705. The van der Waals surface area contributed by atoms with E-state index < -0.39 is 6.10 Å². The molecule has 0 aromatic heterocycles. The third-order valence-electron chi connectivity index (χ3n) is 2.59. The predicted octanol–water partition coefficient (Wildman–Crippen LogP) is 3.92. The van der Waals surface area contributed by atoms with Crippen molar-refractivity contribution in [3.05, 3.63) is 57.5 Å². The van der Waals surface area contributed by atoms with Gasteiger partial charge in [0.15, 0.2) is 11.5 Å². The van der Waals surface area contributed by atoms with E-state index >= 15 is 0 Å². The van der Waals surface area contributed by atoms with Crippen molar-refractivity contribution in [2.45, 2.75) is 6.10 Å². The monoisotopic (exact) mass is 342 g/mol. The zero-order chi connectivity index (χ0) is 13.8. The quantitative estimate of drug-likeness (QED) is 0.884. The summed E-state index contributed by atoms with van der Waals surface area (Å²) in [5, 5.41) is 20.3. The van der Waals surface area contributed by atoms with E-state index in [1.165, 1.54) is 6.07 Å². The molecule has 0 saturated carbocycles. The summed E-state index contributed by atoms with van der Waals surface area (Å²) in [5.74, 6) is 0.341. The number of phenols is 1. The van der Waals surface area contributed by atoms with Gasteiger partial charge in [-0.2, -0.15) is 0 Å². The van der Waals surface area contributed by atoms with Crippen LogP contribution >= 0.6 is 27.5 Å². The summed E-state index contributed by atoms with van der Waals surface area (Å²) >= 11 is 9.06. The van der Waals surface area contributed by atoms with Crippen molar-refractivity contribution >= 4 is 27.5 Å². The maximum atomic E-state index is 9.99. The number of benzene rings is 2. The van der Waals surface area contributed by atoms with Crippen molar-refractivity contribution in [1.82, 2.24) is 0 Å². The van der Waals surface area contributed by atoms with Gasteiger partial charge >= 0.3 is 0 Å². The maximum Gasteiger partial charge on any atom is 0.175 e. The molecule has 3 nitrogen and oxygen atoms in total. The van der Waals surface area contributed by atoms with Crippen LogP contribution in [-0.4, -0.2) is 16.8 Å². The van der Waals surface area contributed by atoms with Gasteiger partial charge in [-0.05, 0) is 45.8 Å². The summed E-state index contributed by atoms with van der Waals surface area (Å²) in [7, 11) is 0. The minimum atomic E-state index is -0.788. The number of aromatic hydroxyl groups is 1. The smallest absolute Gasteiger partial charge is 0.175 e. The number of para-hydroxylation sites is 1. The Bertz CT molecular complexity index is 537. The van der Waals surface area contributed by atoms with Crippen molar-refractivity contribution in [3.8, 4) is 11.5 Å². The van der Waals surface area contributed by atoms with Crippen molar-refractivity contribution in [2.75, 3.05) is 6.61 Å². The van der Waals surface area contributed by atoms with Crippen LogP contribution < -0.4 is 4.74 Å². The summed E-state index contributed by atoms with van der Waals surface area (Å²) in [6.07, 6.45) is -0.788. The molecule has 0 bridgehead atoms. The zero-order valence-corrected chi connectivity index (χ0v) is 12.2. The largest absolute Gasteiger partial charge is 0.504 e. The molecule has 19 heavy (non-hydrogen) atoms. The van der Waals surface area contributed by atoms with E-state index in [-0.39, 0.29) is 12.4 Å². The van der Waals surface area contributed by atoms with Crippen LogP contribution in [0.3, 0.4) is 0 Å². The van der Waals surface area contributed by atoms with Crippen LogP contribution in [0.2, 0.25) is 5.02 Å². The first-order valence-corrected chi connectivity index (χ1v) is 6.79. The van der Waals surface area contributed by atoms with Crippen LogP contribution in [0.25, 0.3) is 0 Å². The van der Waals surface area contributed by atoms with Crippen molar-refractivity contribution in [3.63, 3.8) is 0 Å². The lowest BCUT2D eigenvalue weighted by molar-refractivity contribution is 0.106. The van der Waals surface area contributed by atoms with Crippen molar-refractivity contribution in [1.29, 1.82) is 0 Å². The van der Waals surface area contributed by atoms with Gasteiger partial charge in [0.05, 0.1) is 4.47 Å². The number of aliphatic hydroxyl groups excluding tert-OH is 1. The molecule has 0 heterocycles. The number of ether oxygens (including phenoxy) is 1. The Labute approximate surface area is 124 Å². The molecular weight excluding hydrogens is 332 g/mol. The topological polar surface area (TPSA) is 49.7 Å². The Morgan fingerprint density at radius 2 is 1.84 bits per heavy atom. The Morgan fingerprint density at radius 1 is 1.16 bits per heavy atom. The minimum absolute atomic E-state index is 0.0256. The number of hydrogen-bond acceptors (Lipinski definition) is 3. The molecule has 2 aromatic carbocycles. The van der Waals surface area contributed by atoms with Gasteiger partial charge in [-0.1, -0.05) is 29.8 Å². The first-order chi connectivity index (χ1) is 9.08. The SMILES string of the molecule is Oc1cccc(Br)c1OCC(O)c1ccc(Cl)cc1. The minimum Gasteiger partial charge on any atom is -0.504 e. The molecule has 0 aliphatic heterocycles. The average Bonchev–Trinajstić information content (AvgIpc) is 2.38. The van der Waals surface area contributed by atoms with Gasteiger partial charge in [0.2, 0.25) is 0 Å². The first-order valence-electron chi connectivity index (χ1n) is 5.61. The molecule has 2 rings (SSSR count). The fourth-order valence-electron chi connectivity index (χ4n) is 1.58. The molecule has 2 N–H and O–H groups in total. The summed E-state index contributed by atoms with van der Waals surface area (Å²) < 4.78 is 6.07. The van der Waals surface area contributed by atoms with Gasteiger partial charge in [-0.3, -0.25) is 0 Å². The Balaban J connectivity index is 2.04. The van der Waals surface area contributed by atoms with E-state index in [2.05, 4.69) is 15.9 Å². The second kappa shape index (κ2) is 6.28. The van der Waals surface area contributed by atoms with E-state index in [4.69, 9.17) is 16.3 Å². The van der Waals surface area contributed by atoms with Gasteiger partial charge in [0.1, 0.15) is 12.7 Å². The van der Waals surface area contributed by atoms with E-state index in [9.17, 15) is 10.2 Å². The van der Waals surface area contributed by atoms with Crippen LogP contribution in [0.15, 0.2) is 46.9 Å². The highest BCUT2D eigenvalue weighted by molar-refractivity contribution is 9.10. The molecule has 0 saturated heterocycles. The molecular formula is C14H12BrClO3. The lowest BCUT2D eigenvalue weighted by Gasteiger charge is -2.14. The van der Waals surface area contributed by atoms with E-state index in [1.54, 1.807) is 36.4 Å². The normalized spacial score (nSPS) is 12.2. The Hall–Kier alpha value is -1.23. The van der Waals surface area contributed by atoms with E-state index in [0.29, 0.717) is 20.8 Å². The zero-order valence-electron chi connectivity index (χ0n) is 9.88. The van der Waals surface area contributed by atoms with Gasteiger partial charge < -0.3 is 14.9 Å². The maximum absolute atomic E-state index is 9.99. The number of rotatable bonds is 4. The van der Waals surface area contributed by atoms with Gasteiger partial charge in [0, 0.05) is 5.02 Å². The van der Waals surface area contributed by atoms with Gasteiger partial charge in [0.25, 0.3) is 0 Å². The highest BCUT2D eigenvalue weighted by atomic mass is 79.9. The molecule has 2 aromatic rings. The predicted molar refractivity (Wildman–Crippen MR) is 77.7 cm³/mol. The van der Waals surface area contributed by atoms with Crippen molar-refractivity contribution < 1.29 is 14.9 Å². The Morgan fingerprint density at radius 3 is 2.47 bits per heavy atom. The first kappa shape index (κ1) is 14.2. The fourth-order valence-corrected chi connectivity index (χ4v) is 2.18. The lowest BCUT2D eigenvalue weighted by atomic mass is 10.1. The van der Waals surface area contributed by atoms with E-state index in [1.807, 2.05) is 0 Å². The molecule has 0 radical (unpaired) electrons. The third-order valence-corrected chi connectivity index (χ3v) is 3.46. The summed E-state index contributed by atoms with van der Waals surface area (Å²) in [4.78, 5) is 0. The fraction of sp³-hybridized carbons (Fsp3) is 0.143. The number of halogens is 2. The van der Waals surface area contributed by atoms with E-state index in [0.717, 1.165) is 0 Å². The van der Waals surface area contributed by atoms with Crippen molar-refractivity contribution in [2.24, 2.45) is 0 Å². The molecule has 0 fully saturated rings. The lowest BCUT2D eigenvalue weighted by Crippen LogP contribution is -2.09. The molecule has 1 atom stereocenters. The Kier molecular flexibility index (Phi) is 4.69. The summed E-state index contributed by atoms with van der Waals surface area (Å²) in [6, 6.07) is 11.8.